The van der Waals surface area contributed by atoms with E-state index in [-0.39, 0.29) is 36.0 Å². The number of thiophene rings is 1. The van der Waals surface area contributed by atoms with Gasteiger partial charge in [-0.25, -0.2) is 8.42 Å². The van der Waals surface area contributed by atoms with Crippen molar-refractivity contribution in [1.82, 2.24) is 15.6 Å². The summed E-state index contributed by atoms with van der Waals surface area (Å²) in [5, 5.41) is 8.02. The second kappa shape index (κ2) is 8.92. The third-order valence-electron chi connectivity index (χ3n) is 4.49. The van der Waals surface area contributed by atoms with Crippen molar-refractivity contribution in [3.63, 3.8) is 0 Å². The molecule has 3 rings (SSSR count). The zero-order chi connectivity index (χ0) is 19.3. The van der Waals surface area contributed by atoms with Crippen LogP contribution in [-0.4, -0.2) is 56.6 Å². The van der Waals surface area contributed by atoms with Gasteiger partial charge >= 0.3 is 0 Å². The van der Waals surface area contributed by atoms with Crippen LogP contribution in [0, 0.1) is 0 Å². The number of nitrogens with one attached hydrogen (secondary N) is 2. The molecule has 3 heterocycles. The van der Waals surface area contributed by atoms with Gasteiger partial charge in [0.05, 0.1) is 35.9 Å². The molecule has 1 fully saturated rings. The first-order valence-electron chi connectivity index (χ1n) is 8.66. The molecule has 2 N–H and O–H groups in total. The average molecular weight is 410 g/mol. The van der Waals surface area contributed by atoms with Gasteiger partial charge in [-0.15, -0.1) is 11.3 Å². The first-order chi connectivity index (χ1) is 13.0. The minimum atomic E-state index is -3.13. The fourth-order valence-electron chi connectivity index (χ4n) is 3.15. The van der Waals surface area contributed by atoms with E-state index in [9.17, 15) is 13.2 Å². The summed E-state index contributed by atoms with van der Waals surface area (Å²) in [5.74, 6) is -0.239. The van der Waals surface area contributed by atoms with Gasteiger partial charge in [0.1, 0.15) is 0 Å². The highest BCUT2D eigenvalue weighted by Crippen LogP contribution is 2.20. The van der Waals surface area contributed by atoms with E-state index in [2.05, 4.69) is 15.6 Å². The molecule has 0 spiro atoms. The highest BCUT2D eigenvalue weighted by molar-refractivity contribution is 7.91. The van der Waals surface area contributed by atoms with Gasteiger partial charge in [0.15, 0.2) is 9.84 Å². The molecular formula is C18H23N3O4S2. The molecule has 0 radical (unpaired) electrons. The van der Waals surface area contributed by atoms with Crippen LogP contribution in [0.4, 0.5) is 0 Å². The van der Waals surface area contributed by atoms with Crippen LogP contribution in [0.15, 0.2) is 41.9 Å². The monoisotopic (exact) mass is 409 g/mol. The number of carbonyl (C=O) groups excluding carboxylic acids is 1. The predicted octanol–water partition coefficient (Wildman–Crippen LogP) is 0.945. The number of carbonyl (C=O) groups is 1. The van der Waals surface area contributed by atoms with Gasteiger partial charge in [-0.05, 0) is 23.6 Å². The zero-order valence-electron chi connectivity index (χ0n) is 15.0. The Balaban J connectivity index is 1.61. The Labute approximate surface area is 163 Å². The minimum Gasteiger partial charge on any atom is -0.379 e. The summed E-state index contributed by atoms with van der Waals surface area (Å²) >= 11 is 1.63. The molecule has 0 unspecified atom stereocenters. The van der Waals surface area contributed by atoms with Crippen molar-refractivity contribution < 1.29 is 17.9 Å². The van der Waals surface area contributed by atoms with Crippen molar-refractivity contribution in [1.29, 1.82) is 0 Å². The molecule has 2 aromatic heterocycles. The largest absolute Gasteiger partial charge is 0.379 e. The Kier molecular flexibility index (Phi) is 6.59. The molecule has 2 aromatic rings. The van der Waals surface area contributed by atoms with E-state index < -0.39 is 15.9 Å². The number of pyridine rings is 1. The van der Waals surface area contributed by atoms with Gasteiger partial charge in [0.25, 0.3) is 0 Å². The quantitative estimate of drug-likeness (QED) is 0.674. The van der Waals surface area contributed by atoms with Gasteiger partial charge in [-0.3, -0.25) is 9.78 Å². The SMILES string of the molecule is CO[C@@H]1CS(=O)(=O)C[C@H]1NCC(=O)N[C@@H](Cc1cccs1)c1ccccn1. The number of ether oxygens (including phenoxy) is 1. The number of sulfone groups is 1. The van der Waals surface area contributed by atoms with Crippen LogP contribution in [0.25, 0.3) is 0 Å². The predicted molar refractivity (Wildman–Crippen MR) is 104 cm³/mol. The maximum atomic E-state index is 12.5. The summed E-state index contributed by atoms with van der Waals surface area (Å²) in [5.41, 5.74) is 0.789. The third-order valence-corrected chi connectivity index (χ3v) is 7.10. The molecule has 3 atom stereocenters. The van der Waals surface area contributed by atoms with Crippen molar-refractivity contribution >= 4 is 27.1 Å². The summed E-state index contributed by atoms with van der Waals surface area (Å²) in [6.45, 7) is 0.0216. The number of amides is 1. The molecule has 146 valence electrons. The standard InChI is InChI=1S/C18H23N3O4S2/c1-25-17-12-27(23,24)11-16(17)20-10-18(22)21-15(9-13-5-4-8-26-13)14-6-2-3-7-19-14/h2-8,15-17,20H,9-12H2,1H3,(H,21,22)/t15-,16+,17+/m0/s1. The first kappa shape index (κ1) is 19.9. The van der Waals surface area contributed by atoms with Crippen LogP contribution >= 0.6 is 11.3 Å². The first-order valence-corrected chi connectivity index (χ1v) is 11.4. The summed E-state index contributed by atoms with van der Waals surface area (Å²) in [6.07, 6.45) is 1.92. The smallest absolute Gasteiger partial charge is 0.234 e. The summed E-state index contributed by atoms with van der Waals surface area (Å²) in [6, 6.07) is 8.99. The molecule has 9 heteroatoms. The normalized spacial score (nSPS) is 22.4. The van der Waals surface area contributed by atoms with E-state index in [1.54, 1.807) is 17.5 Å². The molecule has 0 aliphatic carbocycles. The second-order valence-electron chi connectivity index (χ2n) is 6.50. The fraction of sp³-hybridized carbons (Fsp3) is 0.444. The van der Waals surface area contributed by atoms with Gasteiger partial charge in [0, 0.05) is 30.6 Å². The van der Waals surface area contributed by atoms with Crippen molar-refractivity contribution in [2.45, 2.75) is 24.6 Å². The number of rotatable bonds is 8. The van der Waals surface area contributed by atoms with Crippen molar-refractivity contribution in [3.8, 4) is 0 Å². The lowest BCUT2D eigenvalue weighted by Crippen LogP contribution is -2.46. The van der Waals surface area contributed by atoms with E-state index in [4.69, 9.17) is 4.74 Å². The summed E-state index contributed by atoms with van der Waals surface area (Å²) in [4.78, 5) is 18.0. The Morgan fingerprint density at radius 1 is 1.33 bits per heavy atom. The lowest BCUT2D eigenvalue weighted by molar-refractivity contribution is -0.121. The Bertz CT molecular complexity index is 841. The number of hydrogen-bond acceptors (Lipinski definition) is 7. The lowest BCUT2D eigenvalue weighted by Gasteiger charge is -2.20. The maximum Gasteiger partial charge on any atom is 0.234 e. The Morgan fingerprint density at radius 3 is 2.85 bits per heavy atom. The van der Waals surface area contributed by atoms with Crippen LogP contribution in [-0.2, 0) is 25.8 Å². The summed E-state index contributed by atoms with van der Waals surface area (Å²) < 4.78 is 28.8. The lowest BCUT2D eigenvalue weighted by atomic mass is 10.1. The molecule has 1 aliphatic rings. The highest BCUT2D eigenvalue weighted by atomic mass is 32.2. The Morgan fingerprint density at radius 2 is 2.19 bits per heavy atom. The molecule has 0 saturated carbocycles. The molecular weight excluding hydrogens is 386 g/mol. The number of hydrogen-bond donors (Lipinski definition) is 2. The van der Waals surface area contributed by atoms with Gasteiger partial charge in [-0.1, -0.05) is 12.1 Å². The van der Waals surface area contributed by atoms with E-state index in [1.165, 1.54) is 7.11 Å². The molecule has 1 aliphatic heterocycles. The van der Waals surface area contributed by atoms with Gasteiger partial charge < -0.3 is 15.4 Å². The van der Waals surface area contributed by atoms with Crippen LogP contribution in [0.5, 0.6) is 0 Å². The Hall–Kier alpha value is -1.81. The van der Waals surface area contributed by atoms with Crippen molar-refractivity contribution in [3.05, 3.63) is 52.5 Å². The van der Waals surface area contributed by atoms with Gasteiger partial charge in [-0.2, -0.15) is 0 Å². The molecule has 27 heavy (non-hydrogen) atoms. The van der Waals surface area contributed by atoms with Crippen molar-refractivity contribution in [2.24, 2.45) is 0 Å². The molecule has 7 nitrogen and oxygen atoms in total. The second-order valence-corrected chi connectivity index (χ2v) is 9.68. The fourth-order valence-corrected chi connectivity index (χ4v) is 5.79. The highest BCUT2D eigenvalue weighted by Gasteiger charge is 2.37. The number of aromatic nitrogens is 1. The molecule has 0 aromatic carbocycles. The van der Waals surface area contributed by atoms with Crippen molar-refractivity contribution in [2.75, 3.05) is 25.2 Å². The van der Waals surface area contributed by atoms with Crippen LogP contribution < -0.4 is 10.6 Å². The average Bonchev–Trinajstić information content (AvgIpc) is 3.27. The third kappa shape index (κ3) is 5.58. The van der Waals surface area contributed by atoms with Crippen LogP contribution in [0.1, 0.15) is 16.6 Å². The minimum absolute atomic E-state index is 0.0161. The van der Waals surface area contributed by atoms with E-state index in [0.29, 0.717) is 6.42 Å². The van der Waals surface area contributed by atoms with Crippen LogP contribution in [0.2, 0.25) is 0 Å². The molecule has 0 bridgehead atoms. The van der Waals surface area contributed by atoms with Gasteiger partial charge in [0.2, 0.25) is 5.91 Å². The topological polar surface area (TPSA) is 97.4 Å². The van der Waals surface area contributed by atoms with E-state index in [0.717, 1.165) is 10.6 Å². The summed E-state index contributed by atoms with van der Waals surface area (Å²) in [7, 11) is -1.65. The maximum absolute atomic E-state index is 12.5. The molecule has 1 saturated heterocycles. The number of methoxy groups -OCH3 is 1. The van der Waals surface area contributed by atoms with Crippen LogP contribution in [0.3, 0.4) is 0 Å². The van der Waals surface area contributed by atoms with E-state index in [1.807, 2.05) is 35.7 Å². The van der Waals surface area contributed by atoms with E-state index >= 15 is 0 Å². The number of nitrogens with zero attached hydrogens (tertiary/aromatic N) is 1. The zero-order valence-corrected chi connectivity index (χ0v) is 16.6. The molecule has 1 amide bonds.